The molecule has 0 N–H and O–H groups in total. The Kier molecular flexibility index (Phi) is 6.57. The van der Waals surface area contributed by atoms with Crippen molar-refractivity contribution in [3.63, 3.8) is 0 Å². The smallest absolute Gasteiger partial charge is 0.260 e. The monoisotopic (exact) mass is 480 g/mol. The summed E-state index contributed by atoms with van der Waals surface area (Å²) in [5.41, 5.74) is 2.91. The Labute approximate surface area is 187 Å². The lowest BCUT2D eigenvalue weighted by Gasteiger charge is -2.14. The third kappa shape index (κ3) is 4.46. The number of carbonyl (C=O) groups is 1. The summed E-state index contributed by atoms with van der Waals surface area (Å²) in [5.74, 6) is -0.621. The average molecular weight is 481 g/mol. The van der Waals surface area contributed by atoms with E-state index in [9.17, 15) is 4.79 Å². The Bertz CT molecular complexity index is 1180. The van der Waals surface area contributed by atoms with Crippen LogP contribution in [0.4, 0.5) is 0 Å². The Hall–Kier alpha value is -2.54. The van der Waals surface area contributed by atoms with Gasteiger partial charge in [-0.25, -0.2) is 0 Å². The van der Waals surface area contributed by atoms with Crippen LogP contribution in [0, 0.1) is 0 Å². The molecular formula is C24H21BrN2O2S. The first-order valence-corrected chi connectivity index (χ1v) is 11.2. The minimum absolute atomic E-state index is 0.177. The molecule has 1 aromatic heterocycles. The van der Waals surface area contributed by atoms with Crippen LogP contribution < -0.4 is 4.80 Å². The highest BCUT2D eigenvalue weighted by molar-refractivity contribution is 9.10. The van der Waals surface area contributed by atoms with Gasteiger partial charge in [0.25, 0.3) is 5.91 Å². The minimum atomic E-state index is -0.444. The van der Waals surface area contributed by atoms with E-state index < -0.39 is 5.92 Å². The number of aromatic nitrogens is 1. The summed E-state index contributed by atoms with van der Waals surface area (Å²) < 4.78 is 9.41. The summed E-state index contributed by atoms with van der Waals surface area (Å²) in [7, 11) is 1.68. The summed E-state index contributed by atoms with van der Waals surface area (Å²) >= 11 is 5.04. The molecule has 4 rings (SSSR count). The minimum Gasteiger partial charge on any atom is -0.383 e. The second kappa shape index (κ2) is 9.51. The van der Waals surface area contributed by atoms with E-state index in [4.69, 9.17) is 4.74 Å². The maximum atomic E-state index is 13.5. The van der Waals surface area contributed by atoms with E-state index in [0.29, 0.717) is 18.0 Å². The lowest BCUT2D eigenvalue weighted by Crippen LogP contribution is -2.22. The molecule has 152 valence electrons. The van der Waals surface area contributed by atoms with Crippen molar-refractivity contribution in [2.24, 2.45) is 4.99 Å². The molecule has 0 bridgehead atoms. The topological polar surface area (TPSA) is 43.6 Å². The number of fused-ring (bicyclic) bond motifs is 1. The number of hydrogen-bond donors (Lipinski definition) is 0. The van der Waals surface area contributed by atoms with Crippen molar-refractivity contribution in [1.29, 1.82) is 0 Å². The highest BCUT2D eigenvalue weighted by Crippen LogP contribution is 2.27. The molecule has 0 saturated heterocycles. The summed E-state index contributed by atoms with van der Waals surface area (Å²) in [4.78, 5) is 18.8. The van der Waals surface area contributed by atoms with Crippen LogP contribution in [0.3, 0.4) is 0 Å². The number of carbonyl (C=O) groups excluding carboxylic acids is 1. The van der Waals surface area contributed by atoms with Gasteiger partial charge in [0, 0.05) is 18.1 Å². The molecule has 0 aliphatic carbocycles. The van der Waals surface area contributed by atoms with Gasteiger partial charge in [-0.15, -0.1) is 0 Å². The van der Waals surface area contributed by atoms with Crippen molar-refractivity contribution >= 4 is 43.4 Å². The van der Waals surface area contributed by atoms with Gasteiger partial charge in [0.2, 0.25) is 0 Å². The molecular weight excluding hydrogens is 460 g/mol. The first-order valence-electron chi connectivity index (χ1n) is 9.63. The molecule has 1 amide bonds. The fourth-order valence-corrected chi connectivity index (χ4v) is 5.07. The highest BCUT2D eigenvalue weighted by atomic mass is 79.9. The first kappa shape index (κ1) is 20.7. The molecule has 6 heteroatoms. The molecule has 0 fully saturated rings. The number of rotatable bonds is 6. The van der Waals surface area contributed by atoms with Crippen LogP contribution in [0.1, 0.15) is 17.0 Å². The molecule has 4 aromatic rings. The Morgan fingerprint density at radius 2 is 1.67 bits per heavy atom. The molecule has 0 unspecified atom stereocenters. The van der Waals surface area contributed by atoms with Crippen molar-refractivity contribution < 1.29 is 9.53 Å². The normalized spacial score (nSPS) is 12.0. The molecule has 1 heterocycles. The standard InChI is InChI=1S/C24H21BrN2O2S/c1-29-15-14-27-20-13-12-19(25)16-21(20)30-24(27)26-23(28)22(17-8-4-2-5-9-17)18-10-6-3-7-11-18/h2-13,16,22H,14-15H2,1H3. The van der Waals surface area contributed by atoms with Gasteiger partial charge in [-0.3, -0.25) is 4.79 Å². The van der Waals surface area contributed by atoms with Crippen LogP contribution in [0.15, 0.2) is 88.3 Å². The van der Waals surface area contributed by atoms with Crippen LogP contribution in [0.2, 0.25) is 0 Å². The maximum absolute atomic E-state index is 13.5. The maximum Gasteiger partial charge on any atom is 0.260 e. The fraction of sp³-hybridized carbons (Fsp3) is 0.167. The third-order valence-electron chi connectivity index (χ3n) is 4.88. The van der Waals surface area contributed by atoms with Crippen molar-refractivity contribution in [2.45, 2.75) is 12.5 Å². The molecule has 30 heavy (non-hydrogen) atoms. The lowest BCUT2D eigenvalue weighted by molar-refractivity contribution is -0.118. The Morgan fingerprint density at radius 1 is 1.03 bits per heavy atom. The molecule has 4 nitrogen and oxygen atoms in total. The second-order valence-corrected chi connectivity index (χ2v) is 8.77. The van der Waals surface area contributed by atoms with Gasteiger partial charge in [0.1, 0.15) is 0 Å². The lowest BCUT2D eigenvalue weighted by atomic mass is 9.91. The third-order valence-corrected chi connectivity index (χ3v) is 6.42. The number of nitrogens with zero attached hydrogens (tertiary/aromatic N) is 2. The van der Waals surface area contributed by atoms with Gasteiger partial charge in [-0.05, 0) is 29.3 Å². The Morgan fingerprint density at radius 3 is 2.27 bits per heavy atom. The van der Waals surface area contributed by atoms with Gasteiger partial charge in [-0.1, -0.05) is 87.9 Å². The van der Waals surface area contributed by atoms with E-state index in [1.54, 1.807) is 7.11 Å². The van der Waals surface area contributed by atoms with E-state index in [1.165, 1.54) is 11.3 Å². The number of halogens is 1. The number of amides is 1. The quantitative estimate of drug-likeness (QED) is 0.372. The molecule has 0 radical (unpaired) electrons. The molecule has 0 aliphatic rings. The molecule has 0 spiro atoms. The summed E-state index contributed by atoms with van der Waals surface area (Å²) in [5, 5.41) is 0. The van der Waals surface area contributed by atoms with Crippen molar-refractivity contribution in [3.05, 3.63) is 99.3 Å². The average Bonchev–Trinajstić information content (AvgIpc) is 3.09. The number of ether oxygens (including phenoxy) is 1. The van der Waals surface area contributed by atoms with E-state index in [2.05, 4.69) is 31.6 Å². The predicted molar refractivity (Wildman–Crippen MR) is 125 cm³/mol. The van der Waals surface area contributed by atoms with Crippen molar-refractivity contribution in [2.75, 3.05) is 13.7 Å². The van der Waals surface area contributed by atoms with Crippen LogP contribution in [-0.2, 0) is 16.1 Å². The van der Waals surface area contributed by atoms with E-state index in [1.807, 2.05) is 72.8 Å². The fourth-order valence-electron chi connectivity index (χ4n) is 3.46. The van der Waals surface area contributed by atoms with E-state index in [-0.39, 0.29) is 5.91 Å². The van der Waals surface area contributed by atoms with Crippen LogP contribution >= 0.6 is 27.3 Å². The second-order valence-electron chi connectivity index (χ2n) is 6.85. The van der Waals surface area contributed by atoms with Crippen LogP contribution in [0.5, 0.6) is 0 Å². The SMILES string of the molecule is COCCn1c(=NC(=O)C(c2ccccc2)c2ccccc2)sc2cc(Br)ccc21. The molecule has 0 atom stereocenters. The predicted octanol–water partition coefficient (Wildman–Crippen LogP) is 5.37. The summed E-state index contributed by atoms with van der Waals surface area (Å²) in [6.07, 6.45) is 0. The van der Waals surface area contributed by atoms with Gasteiger partial charge in [-0.2, -0.15) is 4.99 Å². The van der Waals surface area contributed by atoms with Crippen molar-refractivity contribution in [1.82, 2.24) is 4.57 Å². The van der Waals surface area contributed by atoms with E-state index >= 15 is 0 Å². The zero-order chi connectivity index (χ0) is 20.9. The molecule has 0 saturated carbocycles. The van der Waals surface area contributed by atoms with E-state index in [0.717, 1.165) is 25.8 Å². The summed E-state index contributed by atoms with van der Waals surface area (Å²) in [6.45, 7) is 1.18. The van der Waals surface area contributed by atoms with Crippen LogP contribution in [0.25, 0.3) is 10.2 Å². The number of hydrogen-bond acceptors (Lipinski definition) is 3. The van der Waals surface area contributed by atoms with Gasteiger partial charge < -0.3 is 9.30 Å². The highest BCUT2D eigenvalue weighted by Gasteiger charge is 2.22. The van der Waals surface area contributed by atoms with Gasteiger partial charge in [0.15, 0.2) is 4.80 Å². The first-order chi connectivity index (χ1) is 14.7. The largest absolute Gasteiger partial charge is 0.383 e. The van der Waals surface area contributed by atoms with Crippen LogP contribution in [-0.4, -0.2) is 24.2 Å². The van der Waals surface area contributed by atoms with Crippen molar-refractivity contribution in [3.8, 4) is 0 Å². The molecule has 3 aromatic carbocycles. The number of methoxy groups -OCH3 is 1. The molecule has 0 aliphatic heterocycles. The van der Waals surface area contributed by atoms with Gasteiger partial charge >= 0.3 is 0 Å². The number of benzene rings is 3. The zero-order valence-electron chi connectivity index (χ0n) is 16.5. The van der Waals surface area contributed by atoms with Gasteiger partial charge in [0.05, 0.1) is 22.7 Å². The number of thiazole rings is 1. The zero-order valence-corrected chi connectivity index (χ0v) is 18.9. The Balaban J connectivity index is 1.84. The summed E-state index contributed by atoms with van der Waals surface area (Å²) in [6, 6.07) is 25.7.